The largest absolute Gasteiger partial charge is 0.465 e. The van der Waals surface area contributed by atoms with Crippen molar-refractivity contribution >= 4 is 5.97 Å². The molecule has 3 rings (SSSR count). The average Bonchev–Trinajstić information content (AvgIpc) is 3.38. The second kappa shape index (κ2) is 6.06. The number of halogens is 3. The van der Waals surface area contributed by atoms with Crippen LogP contribution in [0.15, 0.2) is 36.5 Å². The molecule has 0 amide bonds. The van der Waals surface area contributed by atoms with E-state index in [1.807, 2.05) is 0 Å². The third-order valence-corrected chi connectivity index (χ3v) is 4.44. The predicted octanol–water partition coefficient (Wildman–Crippen LogP) is 4.49. The minimum atomic E-state index is -2.80. The minimum absolute atomic E-state index is 0.0384. The first-order valence-electron chi connectivity index (χ1n) is 7.67. The molecule has 1 heterocycles. The fourth-order valence-electron chi connectivity index (χ4n) is 2.79. The van der Waals surface area contributed by atoms with Gasteiger partial charge >= 0.3 is 5.97 Å². The lowest BCUT2D eigenvalue weighted by molar-refractivity contribution is -0.0200. The number of ether oxygens (including phenoxy) is 2. The van der Waals surface area contributed by atoms with E-state index < -0.39 is 23.1 Å². The van der Waals surface area contributed by atoms with Crippen LogP contribution in [0.4, 0.5) is 13.2 Å². The quantitative estimate of drug-likeness (QED) is 0.745. The second-order valence-corrected chi connectivity index (χ2v) is 6.10. The molecule has 0 bridgehead atoms. The Morgan fingerprint density at radius 3 is 2.36 bits per heavy atom. The maximum Gasteiger partial charge on any atom is 0.339 e. The molecule has 0 unspecified atom stereocenters. The van der Waals surface area contributed by atoms with Gasteiger partial charge in [0.1, 0.15) is 5.75 Å². The highest BCUT2D eigenvalue weighted by atomic mass is 19.3. The number of alkyl halides is 2. The van der Waals surface area contributed by atoms with Crippen LogP contribution in [-0.2, 0) is 10.2 Å². The number of aromatic nitrogens is 1. The van der Waals surface area contributed by atoms with Crippen molar-refractivity contribution in [2.75, 3.05) is 7.11 Å². The van der Waals surface area contributed by atoms with Crippen molar-refractivity contribution in [3.8, 4) is 11.6 Å². The summed E-state index contributed by atoms with van der Waals surface area (Å²) < 4.78 is 51.3. The summed E-state index contributed by atoms with van der Waals surface area (Å²) in [6.07, 6.45) is 2.00. The first kappa shape index (κ1) is 17.3. The molecule has 1 aliphatic rings. The summed E-state index contributed by atoms with van der Waals surface area (Å²) in [5.74, 6) is -4.39. The molecule has 1 aliphatic carbocycles. The molecule has 0 radical (unpaired) electrons. The van der Waals surface area contributed by atoms with Gasteiger partial charge in [0.05, 0.1) is 18.1 Å². The number of esters is 1. The molecule has 0 aliphatic heterocycles. The molecular formula is C18H16F3NO3. The van der Waals surface area contributed by atoms with E-state index in [1.54, 1.807) is 12.1 Å². The van der Waals surface area contributed by atoms with Gasteiger partial charge in [-0.2, -0.15) is 0 Å². The van der Waals surface area contributed by atoms with Crippen LogP contribution in [-0.4, -0.2) is 24.0 Å². The number of nitrogens with zero attached hydrogens (tertiary/aromatic N) is 1. The van der Waals surface area contributed by atoms with Gasteiger partial charge in [0, 0.05) is 13.1 Å². The van der Waals surface area contributed by atoms with E-state index in [-0.39, 0.29) is 17.2 Å². The summed E-state index contributed by atoms with van der Waals surface area (Å²) in [5, 5.41) is 0. The van der Waals surface area contributed by atoms with Crippen molar-refractivity contribution < 1.29 is 27.4 Å². The highest BCUT2D eigenvalue weighted by Gasteiger charge is 2.59. The lowest BCUT2D eigenvalue weighted by Crippen LogP contribution is -2.29. The number of rotatable bonds is 5. The summed E-state index contributed by atoms with van der Waals surface area (Å²) >= 11 is 0. The molecular weight excluding hydrogens is 335 g/mol. The number of carbonyl (C=O) groups excluding carboxylic acids is 1. The highest BCUT2D eigenvalue weighted by Crippen LogP contribution is 2.58. The Kier molecular flexibility index (Phi) is 4.18. The molecule has 1 aromatic heterocycles. The van der Waals surface area contributed by atoms with Crippen LogP contribution in [0.25, 0.3) is 0 Å². The third kappa shape index (κ3) is 3.18. The summed E-state index contributed by atoms with van der Waals surface area (Å²) in [7, 11) is 1.18. The van der Waals surface area contributed by atoms with Crippen molar-refractivity contribution in [1.82, 2.24) is 4.98 Å². The molecule has 1 fully saturated rings. The molecule has 0 spiro atoms. The summed E-state index contributed by atoms with van der Waals surface area (Å²) in [6.45, 7) is 0.923. The third-order valence-electron chi connectivity index (χ3n) is 4.44. The molecule has 1 saturated carbocycles. The maximum absolute atomic E-state index is 14.0. The van der Waals surface area contributed by atoms with Gasteiger partial charge in [-0.15, -0.1) is 0 Å². The van der Waals surface area contributed by atoms with Crippen LogP contribution < -0.4 is 4.74 Å². The Balaban J connectivity index is 1.78. The van der Waals surface area contributed by atoms with Gasteiger partial charge in [0.25, 0.3) is 11.8 Å². The summed E-state index contributed by atoms with van der Waals surface area (Å²) in [5.41, 5.74) is -0.623. The smallest absolute Gasteiger partial charge is 0.339 e. The number of carbonyl (C=O) groups is 1. The minimum Gasteiger partial charge on any atom is -0.465 e. The first-order valence-corrected chi connectivity index (χ1v) is 7.67. The van der Waals surface area contributed by atoms with Crippen molar-refractivity contribution in [3.05, 3.63) is 53.5 Å². The molecule has 132 valence electrons. The topological polar surface area (TPSA) is 48.4 Å². The average molecular weight is 351 g/mol. The maximum atomic E-state index is 14.0. The zero-order valence-corrected chi connectivity index (χ0v) is 13.7. The summed E-state index contributed by atoms with van der Waals surface area (Å²) in [4.78, 5) is 15.1. The standard InChI is InChI=1S/C18H16F3NO3/c1-17(20,21)18(7-8-18)12-3-5-13(6-4-12)25-15-14(19)9-11(10-22-15)16(23)24-2/h3-6,9-10H,7-8H2,1-2H3. The van der Waals surface area contributed by atoms with E-state index >= 15 is 0 Å². The number of hydrogen-bond acceptors (Lipinski definition) is 4. The van der Waals surface area contributed by atoms with Crippen LogP contribution in [0, 0.1) is 5.82 Å². The summed E-state index contributed by atoms with van der Waals surface area (Å²) in [6, 6.07) is 7.06. The number of pyridine rings is 1. The number of hydrogen-bond donors (Lipinski definition) is 0. The number of methoxy groups -OCH3 is 1. The fraction of sp³-hybridized carbons (Fsp3) is 0.333. The van der Waals surface area contributed by atoms with Crippen LogP contribution in [0.3, 0.4) is 0 Å². The monoisotopic (exact) mass is 351 g/mol. The van der Waals surface area contributed by atoms with Crippen molar-refractivity contribution in [1.29, 1.82) is 0 Å². The van der Waals surface area contributed by atoms with E-state index in [2.05, 4.69) is 9.72 Å². The lowest BCUT2D eigenvalue weighted by Gasteiger charge is -2.23. The zero-order valence-electron chi connectivity index (χ0n) is 13.7. The van der Waals surface area contributed by atoms with Gasteiger partial charge < -0.3 is 9.47 Å². The van der Waals surface area contributed by atoms with Gasteiger partial charge in [-0.1, -0.05) is 12.1 Å². The molecule has 0 saturated heterocycles. The van der Waals surface area contributed by atoms with E-state index in [0.29, 0.717) is 18.4 Å². The van der Waals surface area contributed by atoms with Crippen LogP contribution in [0.1, 0.15) is 35.7 Å². The van der Waals surface area contributed by atoms with Crippen molar-refractivity contribution in [3.63, 3.8) is 0 Å². The van der Waals surface area contributed by atoms with E-state index in [0.717, 1.165) is 19.2 Å². The Bertz CT molecular complexity index is 796. The van der Waals surface area contributed by atoms with E-state index in [4.69, 9.17) is 4.74 Å². The second-order valence-electron chi connectivity index (χ2n) is 6.10. The predicted molar refractivity (Wildman–Crippen MR) is 83.6 cm³/mol. The normalized spacial score (nSPS) is 15.6. The Labute approximate surface area is 142 Å². The Morgan fingerprint density at radius 2 is 1.88 bits per heavy atom. The van der Waals surface area contributed by atoms with Gasteiger partial charge in [-0.3, -0.25) is 0 Å². The van der Waals surface area contributed by atoms with Crippen molar-refractivity contribution in [2.24, 2.45) is 0 Å². The van der Waals surface area contributed by atoms with Gasteiger partial charge in [0.2, 0.25) is 0 Å². The SMILES string of the molecule is COC(=O)c1cnc(Oc2ccc(C3(C(C)(F)F)CC3)cc2)c(F)c1. The van der Waals surface area contributed by atoms with Gasteiger partial charge in [-0.05, 0) is 36.6 Å². The molecule has 0 atom stereocenters. The Morgan fingerprint density at radius 1 is 1.24 bits per heavy atom. The fourth-order valence-corrected chi connectivity index (χ4v) is 2.79. The lowest BCUT2D eigenvalue weighted by atomic mass is 9.90. The molecule has 7 heteroatoms. The van der Waals surface area contributed by atoms with Crippen LogP contribution >= 0.6 is 0 Å². The zero-order chi connectivity index (χ0) is 18.2. The molecule has 1 aromatic carbocycles. The first-order chi connectivity index (χ1) is 11.8. The van der Waals surface area contributed by atoms with Crippen LogP contribution in [0.5, 0.6) is 11.6 Å². The van der Waals surface area contributed by atoms with E-state index in [9.17, 15) is 18.0 Å². The van der Waals surface area contributed by atoms with Crippen LogP contribution in [0.2, 0.25) is 0 Å². The molecule has 25 heavy (non-hydrogen) atoms. The highest BCUT2D eigenvalue weighted by molar-refractivity contribution is 5.88. The molecule has 0 N–H and O–H groups in total. The van der Waals surface area contributed by atoms with Crippen molar-refractivity contribution in [2.45, 2.75) is 31.1 Å². The Hall–Kier alpha value is -2.57. The molecule has 4 nitrogen and oxygen atoms in total. The number of benzene rings is 1. The van der Waals surface area contributed by atoms with Gasteiger partial charge in [-0.25, -0.2) is 22.9 Å². The van der Waals surface area contributed by atoms with Gasteiger partial charge in [0.15, 0.2) is 5.82 Å². The van der Waals surface area contributed by atoms with E-state index in [1.165, 1.54) is 19.2 Å². The molecule has 2 aromatic rings.